The van der Waals surface area contributed by atoms with Gasteiger partial charge in [-0.25, -0.2) is 0 Å². The molecule has 1 aliphatic heterocycles. The van der Waals surface area contributed by atoms with Gasteiger partial charge in [-0.1, -0.05) is 0 Å². The molecular formula is C8H15N3O2. The summed E-state index contributed by atoms with van der Waals surface area (Å²) in [5.74, 6) is -0.518. The standard InChI is InChI=1S/C8H15N3O2/c1-5(8(10)13)11-4-6(9)2-3-7(11)12/h5-6H,2-4,9H2,1H3,(H2,10,13). The van der Waals surface area contributed by atoms with Crippen molar-refractivity contribution in [3.63, 3.8) is 0 Å². The number of carbonyl (C=O) groups is 2. The Labute approximate surface area is 77.1 Å². The van der Waals surface area contributed by atoms with Crippen LogP contribution in [0.1, 0.15) is 19.8 Å². The first-order chi connectivity index (χ1) is 6.02. The molecule has 0 saturated carbocycles. The summed E-state index contributed by atoms with van der Waals surface area (Å²) in [6.07, 6.45) is 1.11. The molecule has 4 N–H and O–H groups in total. The minimum Gasteiger partial charge on any atom is -0.368 e. The van der Waals surface area contributed by atoms with Crippen molar-refractivity contribution in [2.75, 3.05) is 6.54 Å². The maximum atomic E-state index is 11.3. The van der Waals surface area contributed by atoms with Crippen LogP contribution in [0, 0.1) is 0 Å². The van der Waals surface area contributed by atoms with Crippen molar-refractivity contribution in [1.82, 2.24) is 4.90 Å². The van der Waals surface area contributed by atoms with Gasteiger partial charge in [-0.15, -0.1) is 0 Å². The summed E-state index contributed by atoms with van der Waals surface area (Å²) >= 11 is 0. The average molecular weight is 185 g/mol. The van der Waals surface area contributed by atoms with Crippen LogP contribution in [0.5, 0.6) is 0 Å². The first-order valence-corrected chi connectivity index (χ1v) is 4.36. The van der Waals surface area contributed by atoms with Crippen LogP contribution < -0.4 is 11.5 Å². The average Bonchev–Trinajstić information content (AvgIpc) is 2.08. The third-order valence-electron chi connectivity index (χ3n) is 2.36. The molecule has 2 atom stereocenters. The van der Waals surface area contributed by atoms with Gasteiger partial charge in [0.05, 0.1) is 0 Å². The zero-order chi connectivity index (χ0) is 10.0. The molecule has 74 valence electrons. The fourth-order valence-electron chi connectivity index (χ4n) is 1.43. The molecule has 13 heavy (non-hydrogen) atoms. The highest BCUT2D eigenvalue weighted by atomic mass is 16.2. The number of hydrogen-bond acceptors (Lipinski definition) is 3. The lowest BCUT2D eigenvalue weighted by Gasteiger charge is -2.33. The number of nitrogens with two attached hydrogens (primary N) is 2. The summed E-state index contributed by atoms with van der Waals surface area (Å²) in [4.78, 5) is 23.6. The van der Waals surface area contributed by atoms with Crippen molar-refractivity contribution < 1.29 is 9.59 Å². The highest BCUT2D eigenvalue weighted by Crippen LogP contribution is 2.12. The number of likely N-dealkylation sites (tertiary alicyclic amines) is 1. The lowest BCUT2D eigenvalue weighted by molar-refractivity contribution is -0.141. The third-order valence-corrected chi connectivity index (χ3v) is 2.36. The normalized spacial score (nSPS) is 25.8. The Bertz CT molecular complexity index is 229. The Morgan fingerprint density at radius 2 is 2.31 bits per heavy atom. The molecule has 0 aromatic carbocycles. The van der Waals surface area contributed by atoms with E-state index >= 15 is 0 Å². The summed E-state index contributed by atoms with van der Waals surface area (Å²) < 4.78 is 0. The lowest BCUT2D eigenvalue weighted by atomic mass is 10.0. The van der Waals surface area contributed by atoms with Crippen LogP contribution >= 0.6 is 0 Å². The summed E-state index contributed by atoms with van der Waals surface area (Å²) in [5, 5.41) is 0. The number of amides is 2. The van der Waals surface area contributed by atoms with E-state index in [1.54, 1.807) is 6.92 Å². The molecule has 5 nitrogen and oxygen atoms in total. The Kier molecular flexibility index (Phi) is 2.87. The van der Waals surface area contributed by atoms with Gasteiger partial charge in [-0.3, -0.25) is 9.59 Å². The maximum Gasteiger partial charge on any atom is 0.239 e. The Morgan fingerprint density at radius 1 is 1.69 bits per heavy atom. The number of carbonyl (C=O) groups excluding carboxylic acids is 2. The second-order valence-electron chi connectivity index (χ2n) is 3.42. The summed E-state index contributed by atoms with van der Waals surface area (Å²) in [7, 11) is 0. The van der Waals surface area contributed by atoms with E-state index in [1.807, 2.05) is 0 Å². The topological polar surface area (TPSA) is 89.4 Å². The molecule has 0 bridgehead atoms. The highest BCUT2D eigenvalue weighted by molar-refractivity contribution is 5.86. The first-order valence-electron chi connectivity index (χ1n) is 4.36. The first kappa shape index (κ1) is 9.98. The van der Waals surface area contributed by atoms with E-state index in [2.05, 4.69) is 0 Å². The second kappa shape index (κ2) is 3.74. The van der Waals surface area contributed by atoms with Crippen LogP contribution in [-0.2, 0) is 9.59 Å². The van der Waals surface area contributed by atoms with E-state index in [1.165, 1.54) is 4.90 Å². The minimum atomic E-state index is -0.543. The van der Waals surface area contributed by atoms with E-state index in [-0.39, 0.29) is 11.9 Å². The van der Waals surface area contributed by atoms with Crippen molar-refractivity contribution in [3.05, 3.63) is 0 Å². The van der Waals surface area contributed by atoms with Crippen LogP contribution in [0.4, 0.5) is 0 Å². The molecule has 1 heterocycles. The van der Waals surface area contributed by atoms with Crippen LogP contribution in [-0.4, -0.2) is 35.3 Å². The number of piperidine rings is 1. The van der Waals surface area contributed by atoms with Crippen molar-refractivity contribution in [1.29, 1.82) is 0 Å². The van der Waals surface area contributed by atoms with Gasteiger partial charge in [0, 0.05) is 19.0 Å². The third kappa shape index (κ3) is 2.18. The van der Waals surface area contributed by atoms with Crippen molar-refractivity contribution >= 4 is 11.8 Å². The molecule has 1 aliphatic rings. The molecule has 1 rings (SSSR count). The second-order valence-corrected chi connectivity index (χ2v) is 3.42. The fourth-order valence-corrected chi connectivity index (χ4v) is 1.43. The minimum absolute atomic E-state index is 0.0282. The number of rotatable bonds is 2. The highest BCUT2D eigenvalue weighted by Gasteiger charge is 2.29. The molecule has 2 unspecified atom stereocenters. The molecule has 0 aromatic rings. The van der Waals surface area contributed by atoms with Gasteiger partial charge in [0.15, 0.2) is 0 Å². The van der Waals surface area contributed by atoms with E-state index in [0.717, 1.165) is 0 Å². The Morgan fingerprint density at radius 3 is 2.85 bits per heavy atom. The van der Waals surface area contributed by atoms with Crippen LogP contribution in [0.2, 0.25) is 0 Å². The molecule has 0 aliphatic carbocycles. The van der Waals surface area contributed by atoms with E-state index in [4.69, 9.17) is 11.5 Å². The molecule has 2 amide bonds. The Balaban J connectivity index is 2.65. The van der Waals surface area contributed by atoms with Gasteiger partial charge in [0.1, 0.15) is 6.04 Å². The number of hydrogen-bond donors (Lipinski definition) is 2. The number of nitrogens with zero attached hydrogens (tertiary/aromatic N) is 1. The van der Waals surface area contributed by atoms with Crippen LogP contribution in [0.15, 0.2) is 0 Å². The van der Waals surface area contributed by atoms with Crippen molar-refractivity contribution in [2.24, 2.45) is 11.5 Å². The fraction of sp³-hybridized carbons (Fsp3) is 0.750. The van der Waals surface area contributed by atoms with Crippen LogP contribution in [0.25, 0.3) is 0 Å². The largest absolute Gasteiger partial charge is 0.368 e. The van der Waals surface area contributed by atoms with Crippen LogP contribution in [0.3, 0.4) is 0 Å². The molecular weight excluding hydrogens is 170 g/mol. The van der Waals surface area contributed by atoms with Crippen molar-refractivity contribution in [2.45, 2.75) is 31.8 Å². The van der Waals surface area contributed by atoms with Gasteiger partial charge >= 0.3 is 0 Å². The van der Waals surface area contributed by atoms with Gasteiger partial charge in [0.25, 0.3) is 0 Å². The monoisotopic (exact) mass is 185 g/mol. The van der Waals surface area contributed by atoms with Crippen molar-refractivity contribution in [3.8, 4) is 0 Å². The summed E-state index contributed by atoms with van der Waals surface area (Å²) in [6, 6.07) is -0.571. The maximum absolute atomic E-state index is 11.3. The van der Waals surface area contributed by atoms with E-state index in [0.29, 0.717) is 19.4 Å². The molecule has 0 aromatic heterocycles. The quantitative estimate of drug-likeness (QED) is 0.567. The smallest absolute Gasteiger partial charge is 0.239 e. The zero-order valence-electron chi connectivity index (χ0n) is 7.69. The molecule has 0 spiro atoms. The molecule has 0 radical (unpaired) electrons. The summed E-state index contributed by atoms with van der Waals surface area (Å²) in [6.45, 7) is 2.06. The summed E-state index contributed by atoms with van der Waals surface area (Å²) in [5.41, 5.74) is 10.8. The predicted molar refractivity (Wildman–Crippen MR) is 47.6 cm³/mol. The van der Waals surface area contributed by atoms with Gasteiger partial charge < -0.3 is 16.4 Å². The lowest BCUT2D eigenvalue weighted by Crippen LogP contribution is -2.53. The molecule has 1 saturated heterocycles. The SMILES string of the molecule is CC(C(N)=O)N1CC(N)CCC1=O. The molecule has 5 heteroatoms. The van der Waals surface area contributed by atoms with Gasteiger partial charge in [0.2, 0.25) is 11.8 Å². The Hall–Kier alpha value is -1.10. The predicted octanol–water partition coefficient (Wildman–Crippen LogP) is -1.19. The number of primary amides is 1. The van der Waals surface area contributed by atoms with Gasteiger partial charge in [-0.2, -0.15) is 0 Å². The van der Waals surface area contributed by atoms with E-state index in [9.17, 15) is 9.59 Å². The zero-order valence-corrected chi connectivity index (χ0v) is 7.69. The van der Waals surface area contributed by atoms with Gasteiger partial charge in [-0.05, 0) is 13.3 Å². The molecule has 1 fully saturated rings. The van der Waals surface area contributed by atoms with E-state index < -0.39 is 11.9 Å².